The summed E-state index contributed by atoms with van der Waals surface area (Å²) in [4.78, 5) is 31.3. The van der Waals surface area contributed by atoms with Crippen LogP contribution in [0.4, 0.5) is 5.69 Å². The van der Waals surface area contributed by atoms with Gasteiger partial charge in [0.2, 0.25) is 5.91 Å². The Kier molecular flexibility index (Phi) is 7.06. The third kappa shape index (κ3) is 5.63. The van der Waals surface area contributed by atoms with E-state index in [9.17, 15) is 9.59 Å². The molecule has 0 fully saturated rings. The van der Waals surface area contributed by atoms with Gasteiger partial charge in [-0.2, -0.15) is 0 Å². The van der Waals surface area contributed by atoms with Crippen molar-refractivity contribution >= 4 is 23.4 Å². The highest BCUT2D eigenvalue weighted by molar-refractivity contribution is 8.00. The van der Waals surface area contributed by atoms with Crippen LogP contribution in [0.25, 0.3) is 0 Å². The standard InChI is InChI=1S/C18H23N3O3S/c1-4-8-13-11-16(22)21-18(19-13)25-12(3)17(23)20-14-9-6-7-10-15(14)24-5-2/h6-7,9-12H,4-5,8H2,1-3H3,(H,20,23)(H,19,21,22)/t12-/m1/s1. The number of carbonyl (C=O) groups excluding carboxylic acids is 1. The van der Waals surface area contributed by atoms with Crippen molar-refractivity contribution in [2.24, 2.45) is 0 Å². The number of benzene rings is 1. The second-order valence-corrected chi connectivity index (χ2v) is 6.80. The molecule has 0 spiro atoms. The SMILES string of the molecule is CCCc1cc(=O)[nH]c(S[C@H](C)C(=O)Nc2ccccc2OCC)n1. The first-order valence-corrected chi connectivity index (χ1v) is 9.21. The molecule has 0 aliphatic carbocycles. The van der Waals surface area contributed by atoms with E-state index in [1.807, 2.05) is 32.0 Å². The lowest BCUT2D eigenvalue weighted by molar-refractivity contribution is -0.115. The first-order valence-electron chi connectivity index (χ1n) is 8.33. The first-order chi connectivity index (χ1) is 12.0. The molecule has 6 nitrogen and oxygen atoms in total. The van der Waals surface area contributed by atoms with Crippen LogP contribution in [-0.2, 0) is 11.2 Å². The summed E-state index contributed by atoms with van der Waals surface area (Å²) in [6, 6.07) is 8.79. The molecule has 0 unspecified atom stereocenters. The van der Waals surface area contributed by atoms with Crippen LogP contribution < -0.4 is 15.6 Å². The van der Waals surface area contributed by atoms with Crippen LogP contribution in [-0.4, -0.2) is 27.7 Å². The molecule has 1 heterocycles. The van der Waals surface area contributed by atoms with Crippen LogP contribution in [0, 0.1) is 0 Å². The number of aromatic amines is 1. The van der Waals surface area contributed by atoms with Gasteiger partial charge in [-0.25, -0.2) is 4.98 Å². The van der Waals surface area contributed by atoms with E-state index < -0.39 is 5.25 Å². The van der Waals surface area contributed by atoms with Crippen LogP contribution in [0.3, 0.4) is 0 Å². The van der Waals surface area contributed by atoms with Crippen molar-refractivity contribution in [2.75, 3.05) is 11.9 Å². The Balaban J connectivity index is 2.07. The molecule has 2 N–H and O–H groups in total. The average Bonchev–Trinajstić information content (AvgIpc) is 2.56. The van der Waals surface area contributed by atoms with Gasteiger partial charge >= 0.3 is 0 Å². The van der Waals surface area contributed by atoms with E-state index in [0.717, 1.165) is 18.5 Å². The number of hydrogen-bond donors (Lipinski definition) is 2. The van der Waals surface area contributed by atoms with Crippen LogP contribution in [0.5, 0.6) is 5.75 Å². The minimum Gasteiger partial charge on any atom is -0.492 e. The van der Waals surface area contributed by atoms with Gasteiger partial charge in [0.15, 0.2) is 5.16 Å². The van der Waals surface area contributed by atoms with Gasteiger partial charge in [-0.3, -0.25) is 9.59 Å². The van der Waals surface area contributed by atoms with Gasteiger partial charge in [-0.05, 0) is 32.4 Å². The highest BCUT2D eigenvalue weighted by Gasteiger charge is 2.18. The molecule has 0 aliphatic rings. The zero-order valence-corrected chi connectivity index (χ0v) is 15.5. The monoisotopic (exact) mass is 361 g/mol. The lowest BCUT2D eigenvalue weighted by Gasteiger charge is -2.14. The van der Waals surface area contributed by atoms with Crippen LogP contribution in [0.2, 0.25) is 0 Å². The second-order valence-electron chi connectivity index (χ2n) is 5.47. The maximum absolute atomic E-state index is 12.5. The molecule has 0 saturated carbocycles. The van der Waals surface area contributed by atoms with Crippen molar-refractivity contribution in [1.29, 1.82) is 0 Å². The fraction of sp³-hybridized carbons (Fsp3) is 0.389. The number of carbonyl (C=O) groups is 1. The first kappa shape index (κ1) is 19.1. The van der Waals surface area contributed by atoms with Gasteiger partial charge in [0, 0.05) is 11.8 Å². The van der Waals surface area contributed by atoms with Crippen molar-refractivity contribution in [3.05, 3.63) is 46.4 Å². The number of anilines is 1. The van der Waals surface area contributed by atoms with E-state index >= 15 is 0 Å². The van der Waals surface area contributed by atoms with Crippen molar-refractivity contribution in [1.82, 2.24) is 9.97 Å². The number of H-pyrrole nitrogens is 1. The van der Waals surface area contributed by atoms with E-state index in [1.54, 1.807) is 13.0 Å². The van der Waals surface area contributed by atoms with Gasteiger partial charge in [0.05, 0.1) is 17.5 Å². The third-order valence-corrected chi connectivity index (χ3v) is 4.37. The Hall–Kier alpha value is -2.28. The molecule has 1 aromatic carbocycles. The Morgan fingerprint density at radius 1 is 1.36 bits per heavy atom. The summed E-state index contributed by atoms with van der Waals surface area (Å²) in [6.07, 6.45) is 1.64. The quantitative estimate of drug-likeness (QED) is 0.557. The third-order valence-electron chi connectivity index (χ3n) is 3.38. The van der Waals surface area contributed by atoms with Gasteiger partial charge in [-0.15, -0.1) is 0 Å². The summed E-state index contributed by atoms with van der Waals surface area (Å²) in [5.74, 6) is 0.452. The number of aryl methyl sites for hydroxylation is 1. The predicted molar refractivity (Wildman–Crippen MR) is 100 cm³/mol. The van der Waals surface area contributed by atoms with Crippen LogP contribution >= 0.6 is 11.8 Å². The van der Waals surface area contributed by atoms with Gasteiger partial charge < -0.3 is 15.0 Å². The normalized spacial score (nSPS) is 11.8. The van der Waals surface area contributed by atoms with E-state index in [2.05, 4.69) is 15.3 Å². The lowest BCUT2D eigenvalue weighted by Crippen LogP contribution is -2.23. The zero-order valence-electron chi connectivity index (χ0n) is 14.7. The van der Waals surface area contributed by atoms with Crippen LogP contribution in [0.15, 0.2) is 40.3 Å². The number of thioether (sulfide) groups is 1. The number of ether oxygens (including phenoxy) is 1. The van der Waals surface area contributed by atoms with Crippen molar-refractivity contribution in [2.45, 2.75) is 44.0 Å². The highest BCUT2D eigenvalue weighted by Crippen LogP contribution is 2.26. The molecular weight excluding hydrogens is 338 g/mol. The number of hydrogen-bond acceptors (Lipinski definition) is 5. The number of aromatic nitrogens is 2. The van der Waals surface area contributed by atoms with E-state index in [0.29, 0.717) is 23.2 Å². The van der Waals surface area contributed by atoms with Crippen LogP contribution in [0.1, 0.15) is 32.9 Å². The van der Waals surface area contributed by atoms with Crippen molar-refractivity contribution < 1.29 is 9.53 Å². The van der Waals surface area contributed by atoms with Gasteiger partial charge in [0.25, 0.3) is 5.56 Å². The fourth-order valence-corrected chi connectivity index (χ4v) is 3.06. The highest BCUT2D eigenvalue weighted by atomic mass is 32.2. The lowest BCUT2D eigenvalue weighted by atomic mass is 10.2. The van der Waals surface area contributed by atoms with Crippen molar-refractivity contribution in [3.8, 4) is 5.75 Å². The summed E-state index contributed by atoms with van der Waals surface area (Å²) >= 11 is 1.22. The van der Waals surface area contributed by atoms with Gasteiger partial charge in [0.1, 0.15) is 5.75 Å². The summed E-state index contributed by atoms with van der Waals surface area (Å²) in [5, 5.41) is 2.90. The average molecular weight is 361 g/mol. The Bertz CT molecular complexity index is 776. The summed E-state index contributed by atoms with van der Waals surface area (Å²) < 4.78 is 5.51. The molecule has 7 heteroatoms. The van der Waals surface area contributed by atoms with E-state index in [-0.39, 0.29) is 11.5 Å². The molecule has 2 aromatic rings. The summed E-state index contributed by atoms with van der Waals surface area (Å²) in [7, 11) is 0. The Morgan fingerprint density at radius 2 is 2.12 bits per heavy atom. The van der Waals surface area contributed by atoms with Crippen molar-refractivity contribution in [3.63, 3.8) is 0 Å². The molecule has 1 atom stereocenters. The predicted octanol–water partition coefficient (Wildman–Crippen LogP) is 3.24. The number of para-hydroxylation sites is 2. The molecule has 0 saturated heterocycles. The van der Waals surface area contributed by atoms with E-state index in [1.165, 1.54) is 17.8 Å². The van der Waals surface area contributed by atoms with Gasteiger partial charge in [-0.1, -0.05) is 37.2 Å². The Labute approximate surface area is 151 Å². The van der Waals surface area contributed by atoms with E-state index in [4.69, 9.17) is 4.74 Å². The number of rotatable bonds is 8. The molecule has 2 rings (SSSR count). The molecule has 1 aromatic heterocycles. The molecular formula is C18H23N3O3S. The maximum Gasteiger partial charge on any atom is 0.251 e. The number of nitrogens with one attached hydrogen (secondary N) is 2. The topological polar surface area (TPSA) is 84.1 Å². The number of amides is 1. The molecule has 0 radical (unpaired) electrons. The minimum atomic E-state index is -0.422. The molecule has 1 amide bonds. The Morgan fingerprint density at radius 3 is 2.84 bits per heavy atom. The summed E-state index contributed by atoms with van der Waals surface area (Å²) in [5.41, 5.74) is 1.17. The fourth-order valence-electron chi connectivity index (χ4n) is 2.23. The molecule has 134 valence electrons. The zero-order chi connectivity index (χ0) is 18.2. The molecule has 25 heavy (non-hydrogen) atoms. The second kappa shape index (κ2) is 9.27. The maximum atomic E-state index is 12.5. The minimum absolute atomic E-state index is 0.180. The molecule has 0 aliphatic heterocycles. The smallest absolute Gasteiger partial charge is 0.251 e. The largest absolute Gasteiger partial charge is 0.492 e. The number of nitrogens with zero attached hydrogens (tertiary/aromatic N) is 1. The molecule has 0 bridgehead atoms. The summed E-state index contributed by atoms with van der Waals surface area (Å²) in [6.45, 7) is 6.21.